The summed E-state index contributed by atoms with van der Waals surface area (Å²) < 4.78 is 5.25. The monoisotopic (exact) mass is 382 g/mol. The standard InChI is InChI=1S/C22H27N3O3/c1-28-19-13-11-17(12-14-19)20-10-6-3-7-15-25(20)16-21(26)24-22(27)23-18-8-4-2-5-9-18/h2,4-5,8-9,11-14,20H,3,6-7,10,15-16H2,1H3,(H2,23,24,26,27)/p+1/t20-/m0/s1. The minimum absolute atomic E-state index is 0.247. The fraction of sp³-hybridized carbons (Fsp3) is 0.364. The first-order chi connectivity index (χ1) is 13.7. The van der Waals surface area contributed by atoms with E-state index in [9.17, 15) is 9.59 Å². The summed E-state index contributed by atoms with van der Waals surface area (Å²) in [7, 11) is 1.66. The zero-order valence-electron chi connectivity index (χ0n) is 16.2. The molecule has 1 aliphatic rings. The quantitative estimate of drug-likeness (QED) is 0.744. The van der Waals surface area contributed by atoms with Crippen molar-refractivity contribution in [2.45, 2.75) is 31.7 Å². The lowest BCUT2D eigenvalue weighted by molar-refractivity contribution is -0.923. The molecule has 1 saturated heterocycles. The topological polar surface area (TPSA) is 71.9 Å². The number of likely N-dealkylation sites (tertiary alicyclic amines) is 1. The van der Waals surface area contributed by atoms with Crippen LogP contribution in [-0.2, 0) is 4.79 Å². The molecule has 148 valence electrons. The van der Waals surface area contributed by atoms with Crippen molar-refractivity contribution in [1.82, 2.24) is 5.32 Å². The van der Waals surface area contributed by atoms with Gasteiger partial charge < -0.3 is 15.0 Å². The molecule has 2 aromatic carbocycles. The maximum Gasteiger partial charge on any atom is 0.326 e. The number of ether oxygens (including phenoxy) is 1. The van der Waals surface area contributed by atoms with Gasteiger partial charge >= 0.3 is 6.03 Å². The normalized spacial score (nSPS) is 19.3. The number of nitrogens with one attached hydrogen (secondary N) is 3. The van der Waals surface area contributed by atoms with E-state index < -0.39 is 6.03 Å². The highest BCUT2D eigenvalue weighted by Gasteiger charge is 2.28. The van der Waals surface area contributed by atoms with E-state index in [0.717, 1.165) is 31.6 Å². The van der Waals surface area contributed by atoms with E-state index in [4.69, 9.17) is 4.74 Å². The Labute approximate surface area is 165 Å². The molecular formula is C22H28N3O3+. The van der Waals surface area contributed by atoms with Crippen molar-refractivity contribution in [2.24, 2.45) is 0 Å². The van der Waals surface area contributed by atoms with Crippen molar-refractivity contribution in [3.8, 4) is 5.75 Å². The van der Waals surface area contributed by atoms with E-state index in [-0.39, 0.29) is 18.5 Å². The van der Waals surface area contributed by atoms with Gasteiger partial charge in [0, 0.05) is 17.7 Å². The molecular weight excluding hydrogens is 354 g/mol. The number of anilines is 1. The minimum atomic E-state index is -0.494. The van der Waals surface area contributed by atoms with Gasteiger partial charge in [-0.1, -0.05) is 18.2 Å². The first-order valence-corrected chi connectivity index (χ1v) is 9.80. The molecule has 0 aromatic heterocycles. The van der Waals surface area contributed by atoms with Gasteiger partial charge in [0.2, 0.25) is 0 Å². The summed E-state index contributed by atoms with van der Waals surface area (Å²) in [4.78, 5) is 25.8. The fourth-order valence-corrected chi connectivity index (χ4v) is 3.77. The Hall–Kier alpha value is -2.86. The number of carbonyl (C=O) groups excluding carboxylic acids is 2. The third-order valence-corrected chi connectivity index (χ3v) is 5.17. The van der Waals surface area contributed by atoms with E-state index >= 15 is 0 Å². The second kappa shape index (κ2) is 9.90. The largest absolute Gasteiger partial charge is 0.497 e. The van der Waals surface area contributed by atoms with E-state index in [0.29, 0.717) is 5.69 Å². The van der Waals surface area contributed by atoms with Crippen molar-refractivity contribution >= 4 is 17.6 Å². The molecule has 0 aliphatic carbocycles. The summed E-state index contributed by atoms with van der Waals surface area (Å²) in [5.74, 6) is 0.568. The molecule has 3 N–H and O–H groups in total. The van der Waals surface area contributed by atoms with Crippen LogP contribution in [0.4, 0.5) is 10.5 Å². The van der Waals surface area contributed by atoms with E-state index in [1.165, 1.54) is 16.9 Å². The number of quaternary nitrogens is 1. The van der Waals surface area contributed by atoms with Gasteiger partial charge in [0.25, 0.3) is 5.91 Å². The summed E-state index contributed by atoms with van der Waals surface area (Å²) in [6, 6.07) is 16.9. The van der Waals surface area contributed by atoms with Gasteiger partial charge in [-0.3, -0.25) is 10.1 Å². The first-order valence-electron chi connectivity index (χ1n) is 9.80. The summed E-state index contributed by atoms with van der Waals surface area (Å²) >= 11 is 0. The number of hydrogen-bond donors (Lipinski definition) is 3. The van der Waals surface area contributed by atoms with Gasteiger partial charge in [0.05, 0.1) is 13.7 Å². The average Bonchev–Trinajstić information content (AvgIpc) is 2.94. The van der Waals surface area contributed by atoms with E-state index in [1.54, 1.807) is 19.2 Å². The second-order valence-corrected chi connectivity index (χ2v) is 7.13. The van der Waals surface area contributed by atoms with Gasteiger partial charge in [-0.05, 0) is 55.7 Å². The summed E-state index contributed by atoms with van der Waals surface area (Å²) in [6.45, 7) is 1.20. The number of imide groups is 1. The Bertz CT molecular complexity index is 777. The Balaban J connectivity index is 1.61. The highest BCUT2D eigenvalue weighted by atomic mass is 16.5. The molecule has 0 saturated carbocycles. The molecule has 28 heavy (non-hydrogen) atoms. The fourth-order valence-electron chi connectivity index (χ4n) is 3.77. The molecule has 0 spiro atoms. The predicted molar refractivity (Wildman–Crippen MR) is 109 cm³/mol. The third-order valence-electron chi connectivity index (χ3n) is 5.17. The zero-order chi connectivity index (χ0) is 19.8. The van der Waals surface area contributed by atoms with E-state index in [2.05, 4.69) is 22.8 Å². The molecule has 3 rings (SSSR count). The van der Waals surface area contributed by atoms with Crippen LogP contribution in [0.3, 0.4) is 0 Å². The van der Waals surface area contributed by atoms with Crippen LogP contribution in [0.25, 0.3) is 0 Å². The predicted octanol–water partition coefficient (Wildman–Crippen LogP) is 2.54. The Kier molecular flexibility index (Phi) is 7.03. The van der Waals surface area contributed by atoms with E-state index in [1.807, 2.05) is 30.3 Å². The van der Waals surface area contributed by atoms with Crippen molar-refractivity contribution in [3.05, 3.63) is 60.2 Å². The van der Waals surface area contributed by atoms with Gasteiger partial charge in [0.15, 0.2) is 6.54 Å². The molecule has 2 atom stereocenters. The Morgan fingerprint density at radius 3 is 2.50 bits per heavy atom. The second-order valence-electron chi connectivity index (χ2n) is 7.13. The van der Waals surface area contributed by atoms with Crippen molar-refractivity contribution in [3.63, 3.8) is 0 Å². The van der Waals surface area contributed by atoms with Crippen LogP contribution in [0.2, 0.25) is 0 Å². The first kappa shape index (κ1) is 19.9. The number of carbonyl (C=O) groups is 2. The molecule has 1 heterocycles. The molecule has 6 heteroatoms. The number of amides is 3. The van der Waals surface area contributed by atoms with Crippen LogP contribution in [-0.4, -0.2) is 32.1 Å². The summed E-state index contributed by atoms with van der Waals surface area (Å²) in [5, 5.41) is 5.14. The molecule has 3 amide bonds. The lowest BCUT2D eigenvalue weighted by Gasteiger charge is -2.26. The molecule has 1 aliphatic heterocycles. The highest BCUT2D eigenvalue weighted by Crippen LogP contribution is 2.22. The summed E-state index contributed by atoms with van der Waals surface area (Å²) in [5.41, 5.74) is 1.87. The van der Waals surface area contributed by atoms with Gasteiger partial charge in [-0.25, -0.2) is 4.79 Å². The van der Waals surface area contributed by atoms with Crippen LogP contribution in [0.1, 0.15) is 37.3 Å². The maximum atomic E-state index is 12.5. The number of rotatable bonds is 5. The number of para-hydroxylation sites is 1. The van der Waals surface area contributed by atoms with Crippen molar-refractivity contribution < 1.29 is 19.2 Å². The lowest BCUT2D eigenvalue weighted by atomic mass is 10.0. The van der Waals surface area contributed by atoms with Crippen LogP contribution in [0.5, 0.6) is 5.75 Å². The Morgan fingerprint density at radius 2 is 1.79 bits per heavy atom. The third kappa shape index (κ3) is 5.57. The van der Waals surface area contributed by atoms with Gasteiger partial charge in [0.1, 0.15) is 11.8 Å². The van der Waals surface area contributed by atoms with Crippen LogP contribution >= 0.6 is 0 Å². The van der Waals surface area contributed by atoms with Crippen molar-refractivity contribution in [2.75, 3.05) is 25.5 Å². The van der Waals surface area contributed by atoms with Crippen molar-refractivity contribution in [1.29, 1.82) is 0 Å². The number of benzene rings is 2. The molecule has 2 aromatic rings. The molecule has 0 radical (unpaired) electrons. The zero-order valence-corrected chi connectivity index (χ0v) is 16.2. The average molecular weight is 382 g/mol. The van der Waals surface area contributed by atoms with Crippen LogP contribution in [0, 0.1) is 0 Å². The molecule has 1 fully saturated rings. The van der Waals surface area contributed by atoms with Crippen LogP contribution < -0.4 is 20.3 Å². The number of hydrogen-bond acceptors (Lipinski definition) is 3. The van der Waals surface area contributed by atoms with Crippen LogP contribution in [0.15, 0.2) is 54.6 Å². The number of methoxy groups -OCH3 is 1. The van der Waals surface area contributed by atoms with Gasteiger partial charge in [-0.15, -0.1) is 0 Å². The SMILES string of the molecule is COc1ccc([C@@H]2CCCCC[NH+]2CC(=O)NC(=O)Nc2ccccc2)cc1. The maximum absolute atomic E-state index is 12.5. The minimum Gasteiger partial charge on any atom is -0.497 e. The summed E-state index contributed by atoms with van der Waals surface area (Å²) in [6.07, 6.45) is 4.44. The molecule has 1 unspecified atom stereocenters. The highest BCUT2D eigenvalue weighted by molar-refractivity contribution is 6.01. The smallest absolute Gasteiger partial charge is 0.326 e. The Morgan fingerprint density at radius 1 is 1.04 bits per heavy atom. The van der Waals surface area contributed by atoms with Gasteiger partial charge in [-0.2, -0.15) is 0 Å². The molecule has 0 bridgehead atoms. The number of urea groups is 1. The lowest BCUT2D eigenvalue weighted by Crippen LogP contribution is -3.13. The molecule has 6 nitrogen and oxygen atoms in total.